The van der Waals surface area contributed by atoms with Gasteiger partial charge in [0.05, 0.1) is 4.47 Å². The van der Waals surface area contributed by atoms with Crippen LogP contribution in [0.2, 0.25) is 0 Å². The minimum absolute atomic E-state index is 0.115. The molecule has 0 fully saturated rings. The van der Waals surface area contributed by atoms with Crippen molar-refractivity contribution >= 4 is 27.9 Å². The van der Waals surface area contributed by atoms with Crippen molar-refractivity contribution in [1.29, 1.82) is 0 Å². The molecule has 3 nitrogen and oxygen atoms in total. The SMILES string of the molecule is CCc1cc(Br)c(O)c(/C=C\C(N)=O)c1. The standard InChI is InChI=1S/C11H12BrNO2/c1-2-7-5-8(3-4-10(13)14)11(15)9(12)6-7/h3-6,15H,2H2,1H3,(H2,13,14)/b4-3-. The molecular weight excluding hydrogens is 258 g/mol. The first-order valence-electron chi connectivity index (χ1n) is 4.53. The molecule has 4 heteroatoms. The lowest BCUT2D eigenvalue weighted by atomic mass is 10.1. The highest BCUT2D eigenvalue weighted by molar-refractivity contribution is 9.10. The van der Waals surface area contributed by atoms with Gasteiger partial charge in [-0.05, 0) is 46.1 Å². The summed E-state index contributed by atoms with van der Waals surface area (Å²) in [5.74, 6) is -0.419. The van der Waals surface area contributed by atoms with Gasteiger partial charge in [-0.15, -0.1) is 0 Å². The molecule has 0 unspecified atom stereocenters. The number of hydrogen-bond donors (Lipinski definition) is 2. The van der Waals surface area contributed by atoms with Gasteiger partial charge in [-0.2, -0.15) is 0 Å². The highest BCUT2D eigenvalue weighted by atomic mass is 79.9. The predicted octanol–water partition coefficient (Wildman–Crippen LogP) is 2.22. The number of hydrogen-bond acceptors (Lipinski definition) is 2. The summed E-state index contributed by atoms with van der Waals surface area (Å²) >= 11 is 3.24. The second kappa shape index (κ2) is 4.98. The second-order valence-corrected chi connectivity index (χ2v) is 3.96. The van der Waals surface area contributed by atoms with Crippen LogP contribution in [0.15, 0.2) is 22.7 Å². The molecule has 0 saturated heterocycles. The number of phenolic OH excluding ortho intramolecular Hbond substituents is 1. The average molecular weight is 270 g/mol. The number of benzene rings is 1. The molecule has 1 aromatic carbocycles. The Hall–Kier alpha value is -1.29. The molecule has 0 aliphatic rings. The number of aryl methyl sites for hydroxylation is 1. The Bertz CT molecular complexity index is 413. The van der Waals surface area contributed by atoms with Crippen molar-refractivity contribution in [1.82, 2.24) is 0 Å². The number of primary amides is 1. The van der Waals surface area contributed by atoms with Gasteiger partial charge in [0.2, 0.25) is 5.91 Å². The molecule has 1 amide bonds. The number of phenols is 1. The molecule has 1 rings (SSSR count). The number of aromatic hydroxyl groups is 1. The summed E-state index contributed by atoms with van der Waals surface area (Å²) < 4.78 is 0.617. The number of amides is 1. The summed E-state index contributed by atoms with van der Waals surface area (Å²) in [6.45, 7) is 2.01. The van der Waals surface area contributed by atoms with Crippen LogP contribution in [0.3, 0.4) is 0 Å². The first-order chi connectivity index (χ1) is 7.04. The van der Waals surface area contributed by atoms with Crippen molar-refractivity contribution in [2.45, 2.75) is 13.3 Å². The van der Waals surface area contributed by atoms with E-state index in [0.717, 1.165) is 12.0 Å². The first kappa shape index (κ1) is 11.8. The molecule has 0 saturated carbocycles. The number of carbonyl (C=O) groups is 1. The number of halogens is 1. The van der Waals surface area contributed by atoms with Crippen LogP contribution in [0.5, 0.6) is 5.75 Å². The van der Waals surface area contributed by atoms with Crippen LogP contribution >= 0.6 is 15.9 Å². The lowest BCUT2D eigenvalue weighted by molar-refractivity contribution is -0.113. The lowest BCUT2D eigenvalue weighted by Crippen LogP contribution is -2.05. The van der Waals surface area contributed by atoms with Crippen molar-refractivity contribution in [2.75, 3.05) is 0 Å². The van der Waals surface area contributed by atoms with Gasteiger partial charge >= 0.3 is 0 Å². The van der Waals surface area contributed by atoms with Crippen molar-refractivity contribution in [3.05, 3.63) is 33.8 Å². The van der Waals surface area contributed by atoms with Crippen LogP contribution in [-0.4, -0.2) is 11.0 Å². The summed E-state index contributed by atoms with van der Waals surface area (Å²) in [4.78, 5) is 10.6. The monoisotopic (exact) mass is 269 g/mol. The van der Waals surface area contributed by atoms with Gasteiger partial charge < -0.3 is 10.8 Å². The van der Waals surface area contributed by atoms with E-state index < -0.39 is 5.91 Å². The zero-order valence-corrected chi connectivity index (χ0v) is 9.91. The first-order valence-corrected chi connectivity index (χ1v) is 5.32. The fourth-order valence-corrected chi connectivity index (χ4v) is 1.70. The van der Waals surface area contributed by atoms with E-state index in [4.69, 9.17) is 5.73 Å². The maximum atomic E-state index is 10.6. The molecule has 0 aromatic heterocycles. The molecule has 0 heterocycles. The summed E-state index contributed by atoms with van der Waals surface area (Å²) in [6, 6.07) is 3.66. The van der Waals surface area contributed by atoms with Crippen LogP contribution in [0.25, 0.3) is 6.08 Å². The summed E-state index contributed by atoms with van der Waals surface area (Å²) in [7, 11) is 0. The Morgan fingerprint density at radius 2 is 2.27 bits per heavy atom. The highest BCUT2D eigenvalue weighted by Crippen LogP contribution is 2.30. The maximum absolute atomic E-state index is 10.6. The van der Waals surface area contributed by atoms with Crippen LogP contribution < -0.4 is 5.73 Å². The Morgan fingerprint density at radius 1 is 1.60 bits per heavy atom. The lowest BCUT2D eigenvalue weighted by Gasteiger charge is -2.05. The van der Waals surface area contributed by atoms with Gasteiger partial charge in [-0.1, -0.05) is 6.92 Å². The van der Waals surface area contributed by atoms with Crippen molar-refractivity contribution in [2.24, 2.45) is 5.73 Å². The minimum atomic E-state index is -0.535. The molecule has 0 atom stereocenters. The average Bonchev–Trinajstić information content (AvgIpc) is 2.19. The quantitative estimate of drug-likeness (QED) is 0.827. The van der Waals surface area contributed by atoms with Crippen molar-refractivity contribution in [3.63, 3.8) is 0 Å². The van der Waals surface area contributed by atoms with E-state index in [-0.39, 0.29) is 5.75 Å². The van der Waals surface area contributed by atoms with E-state index in [1.54, 1.807) is 0 Å². The highest BCUT2D eigenvalue weighted by Gasteiger charge is 2.05. The van der Waals surface area contributed by atoms with Crippen molar-refractivity contribution < 1.29 is 9.90 Å². The Labute approximate surface area is 96.7 Å². The van der Waals surface area contributed by atoms with Crippen LogP contribution in [0, 0.1) is 0 Å². The molecule has 0 spiro atoms. The molecule has 0 aliphatic carbocycles. The van der Waals surface area contributed by atoms with Gasteiger partial charge in [0.1, 0.15) is 5.75 Å². The minimum Gasteiger partial charge on any atom is -0.506 e. The van der Waals surface area contributed by atoms with Crippen LogP contribution in [0.1, 0.15) is 18.1 Å². The van der Waals surface area contributed by atoms with Crippen LogP contribution in [0.4, 0.5) is 0 Å². The van der Waals surface area contributed by atoms with Crippen LogP contribution in [-0.2, 0) is 11.2 Å². The zero-order chi connectivity index (χ0) is 11.4. The van der Waals surface area contributed by atoms with Gasteiger partial charge in [0.25, 0.3) is 0 Å². The topological polar surface area (TPSA) is 63.3 Å². The predicted molar refractivity (Wildman–Crippen MR) is 63.4 cm³/mol. The van der Waals surface area contributed by atoms with E-state index in [9.17, 15) is 9.90 Å². The summed E-state index contributed by atoms with van der Waals surface area (Å²) in [6.07, 6.45) is 3.58. The Kier molecular flexibility index (Phi) is 3.91. The molecule has 0 bridgehead atoms. The normalized spacial score (nSPS) is 10.8. The molecule has 0 aliphatic heterocycles. The smallest absolute Gasteiger partial charge is 0.241 e. The second-order valence-electron chi connectivity index (χ2n) is 3.10. The van der Waals surface area contributed by atoms with Gasteiger partial charge in [0, 0.05) is 11.6 Å². The molecular formula is C11H12BrNO2. The molecule has 15 heavy (non-hydrogen) atoms. The van der Waals surface area contributed by atoms with E-state index in [0.29, 0.717) is 10.0 Å². The molecule has 1 aromatic rings. The zero-order valence-electron chi connectivity index (χ0n) is 8.33. The summed E-state index contributed by atoms with van der Waals surface area (Å²) in [5, 5.41) is 9.68. The molecule has 0 radical (unpaired) electrons. The largest absolute Gasteiger partial charge is 0.506 e. The Balaban J connectivity index is 3.16. The van der Waals surface area contributed by atoms with Gasteiger partial charge in [-0.3, -0.25) is 4.79 Å². The molecule has 80 valence electrons. The van der Waals surface area contributed by atoms with Gasteiger partial charge in [0.15, 0.2) is 0 Å². The fraction of sp³-hybridized carbons (Fsp3) is 0.182. The maximum Gasteiger partial charge on any atom is 0.241 e. The van der Waals surface area contributed by atoms with E-state index >= 15 is 0 Å². The fourth-order valence-electron chi connectivity index (χ4n) is 1.18. The number of nitrogens with two attached hydrogens (primary N) is 1. The third kappa shape index (κ3) is 3.09. The van der Waals surface area contributed by atoms with Gasteiger partial charge in [-0.25, -0.2) is 0 Å². The third-order valence-corrected chi connectivity index (χ3v) is 2.59. The summed E-state index contributed by atoms with van der Waals surface area (Å²) in [5.41, 5.74) is 6.64. The third-order valence-electron chi connectivity index (χ3n) is 1.99. The van der Waals surface area contributed by atoms with E-state index in [1.165, 1.54) is 12.2 Å². The number of carbonyl (C=O) groups excluding carboxylic acids is 1. The Morgan fingerprint density at radius 3 is 2.80 bits per heavy atom. The molecule has 3 N–H and O–H groups in total. The van der Waals surface area contributed by atoms with E-state index in [1.807, 2.05) is 19.1 Å². The van der Waals surface area contributed by atoms with Crippen molar-refractivity contribution in [3.8, 4) is 5.75 Å². The van der Waals surface area contributed by atoms with E-state index in [2.05, 4.69) is 15.9 Å². The number of rotatable bonds is 3.